The molecule has 4 heteroatoms. The van der Waals surface area contributed by atoms with Crippen molar-refractivity contribution in [2.24, 2.45) is 17.8 Å². The molecule has 1 N–H and O–H groups in total. The Morgan fingerprint density at radius 3 is 2.71 bits per heavy atom. The van der Waals surface area contributed by atoms with Gasteiger partial charge in [0.25, 0.3) is 0 Å². The van der Waals surface area contributed by atoms with E-state index in [9.17, 15) is 9.18 Å². The number of likely N-dealkylation sites (tertiary alicyclic amines) is 1. The van der Waals surface area contributed by atoms with Crippen LogP contribution in [0.1, 0.15) is 25.7 Å². The van der Waals surface area contributed by atoms with Crippen LogP contribution in [0.4, 0.5) is 10.1 Å². The molecule has 3 rings (SSSR count). The fourth-order valence-electron chi connectivity index (χ4n) is 4.11. The summed E-state index contributed by atoms with van der Waals surface area (Å²) in [4.78, 5) is 14.7. The first-order chi connectivity index (χ1) is 10.1. The van der Waals surface area contributed by atoms with Crippen LogP contribution in [0, 0.1) is 23.6 Å². The van der Waals surface area contributed by atoms with Gasteiger partial charge in [-0.25, -0.2) is 4.39 Å². The average Bonchev–Trinajstić information content (AvgIpc) is 2.39. The number of nitrogens with one attached hydrogen (secondary N) is 1. The normalized spacial score (nSPS) is 29.1. The molecule has 0 aromatic heterocycles. The number of anilines is 1. The molecular weight excluding hydrogens is 267 g/mol. The lowest BCUT2D eigenvalue weighted by molar-refractivity contribution is -0.119. The molecule has 1 amide bonds. The molecule has 114 valence electrons. The number of nitrogens with zero attached hydrogens (tertiary/aromatic N) is 1. The minimum atomic E-state index is -0.316. The Morgan fingerprint density at radius 1 is 1.33 bits per heavy atom. The van der Waals surface area contributed by atoms with Crippen molar-refractivity contribution in [2.45, 2.75) is 25.7 Å². The van der Waals surface area contributed by atoms with E-state index in [2.05, 4.69) is 17.3 Å². The van der Waals surface area contributed by atoms with Gasteiger partial charge in [-0.15, -0.1) is 0 Å². The van der Waals surface area contributed by atoms with Crippen LogP contribution >= 0.6 is 0 Å². The fourth-order valence-corrected chi connectivity index (χ4v) is 4.11. The number of benzene rings is 1. The van der Waals surface area contributed by atoms with Crippen molar-refractivity contribution in [3.63, 3.8) is 0 Å². The topological polar surface area (TPSA) is 32.3 Å². The summed E-state index contributed by atoms with van der Waals surface area (Å²) in [6, 6.07) is 6.11. The highest BCUT2D eigenvalue weighted by Gasteiger charge is 2.39. The van der Waals surface area contributed by atoms with Crippen molar-refractivity contribution in [3.05, 3.63) is 30.1 Å². The summed E-state index contributed by atoms with van der Waals surface area (Å²) in [6.45, 7) is 2.21. The molecule has 1 aliphatic heterocycles. The quantitative estimate of drug-likeness (QED) is 0.927. The molecule has 2 aliphatic rings. The number of hydrogen-bond acceptors (Lipinski definition) is 2. The van der Waals surface area contributed by atoms with Crippen LogP contribution in [-0.4, -0.2) is 30.9 Å². The van der Waals surface area contributed by atoms with Gasteiger partial charge in [0.05, 0.1) is 0 Å². The third-order valence-electron chi connectivity index (χ3n) is 4.98. The number of fused-ring (bicyclic) bond motifs is 2. The molecule has 1 saturated carbocycles. The molecular formula is C17H23FN2O. The molecule has 1 heterocycles. The molecule has 2 unspecified atom stereocenters. The summed E-state index contributed by atoms with van der Waals surface area (Å²) < 4.78 is 13.2. The van der Waals surface area contributed by atoms with E-state index in [1.807, 2.05) is 0 Å². The Labute approximate surface area is 125 Å². The van der Waals surface area contributed by atoms with E-state index in [1.54, 1.807) is 12.1 Å². The van der Waals surface area contributed by atoms with Gasteiger partial charge in [0, 0.05) is 25.2 Å². The van der Waals surface area contributed by atoms with Gasteiger partial charge in [0.2, 0.25) is 5.91 Å². The van der Waals surface area contributed by atoms with E-state index < -0.39 is 0 Å². The number of rotatable bonds is 3. The lowest BCUT2D eigenvalue weighted by Gasteiger charge is -2.46. The van der Waals surface area contributed by atoms with Gasteiger partial charge in [-0.3, -0.25) is 4.79 Å². The number of hydrogen-bond donors (Lipinski definition) is 1. The molecule has 1 aromatic carbocycles. The SMILES string of the molecule is CN1CC2CCCC(C1)C2CC(=O)Nc1cccc(F)c1. The van der Waals surface area contributed by atoms with Crippen molar-refractivity contribution in [1.29, 1.82) is 0 Å². The first kappa shape index (κ1) is 14.5. The zero-order valence-corrected chi connectivity index (χ0v) is 12.5. The number of carbonyl (C=O) groups is 1. The van der Waals surface area contributed by atoms with Crippen molar-refractivity contribution in [2.75, 3.05) is 25.5 Å². The summed E-state index contributed by atoms with van der Waals surface area (Å²) in [7, 11) is 2.17. The highest BCUT2D eigenvalue weighted by atomic mass is 19.1. The zero-order valence-electron chi connectivity index (χ0n) is 12.5. The highest BCUT2D eigenvalue weighted by molar-refractivity contribution is 5.90. The molecule has 3 nitrogen and oxygen atoms in total. The minimum Gasteiger partial charge on any atom is -0.326 e. The predicted octanol–water partition coefficient (Wildman–Crippen LogP) is 3.13. The average molecular weight is 290 g/mol. The Hall–Kier alpha value is -1.42. The first-order valence-electron chi connectivity index (χ1n) is 7.86. The lowest BCUT2D eigenvalue weighted by Crippen LogP contribution is -2.47. The molecule has 2 fully saturated rings. The van der Waals surface area contributed by atoms with E-state index in [0.717, 1.165) is 13.1 Å². The summed E-state index contributed by atoms with van der Waals surface area (Å²) in [5.74, 6) is 1.47. The van der Waals surface area contributed by atoms with Crippen LogP contribution in [0.3, 0.4) is 0 Å². The summed E-state index contributed by atoms with van der Waals surface area (Å²) >= 11 is 0. The number of piperidine rings is 1. The Bertz CT molecular complexity index is 505. The third-order valence-corrected chi connectivity index (χ3v) is 4.98. The first-order valence-corrected chi connectivity index (χ1v) is 7.86. The standard InChI is InChI=1S/C17H23FN2O/c1-20-10-12-4-2-5-13(11-20)16(12)9-17(21)19-15-7-3-6-14(18)8-15/h3,6-8,12-13,16H,2,4-5,9-11H2,1H3,(H,19,21). The Morgan fingerprint density at radius 2 is 2.05 bits per heavy atom. The van der Waals surface area contributed by atoms with Crippen molar-refractivity contribution in [3.8, 4) is 0 Å². The monoisotopic (exact) mass is 290 g/mol. The predicted molar refractivity (Wildman–Crippen MR) is 81.5 cm³/mol. The van der Waals surface area contributed by atoms with Gasteiger partial charge < -0.3 is 10.2 Å². The Kier molecular flexibility index (Phi) is 4.24. The third kappa shape index (κ3) is 3.43. The van der Waals surface area contributed by atoms with E-state index in [-0.39, 0.29) is 11.7 Å². The van der Waals surface area contributed by atoms with Gasteiger partial charge in [0.15, 0.2) is 0 Å². The van der Waals surface area contributed by atoms with Crippen LogP contribution < -0.4 is 5.32 Å². The summed E-state index contributed by atoms with van der Waals surface area (Å²) in [6.07, 6.45) is 4.34. The van der Waals surface area contributed by atoms with Gasteiger partial charge in [-0.05, 0) is 55.8 Å². The molecule has 1 aromatic rings. The van der Waals surface area contributed by atoms with Crippen LogP contribution in [0.5, 0.6) is 0 Å². The molecule has 1 aliphatic carbocycles. The van der Waals surface area contributed by atoms with E-state index >= 15 is 0 Å². The van der Waals surface area contributed by atoms with Gasteiger partial charge in [0.1, 0.15) is 5.82 Å². The molecule has 21 heavy (non-hydrogen) atoms. The minimum absolute atomic E-state index is 0.0204. The van der Waals surface area contributed by atoms with E-state index in [4.69, 9.17) is 0 Å². The van der Waals surface area contributed by atoms with Crippen molar-refractivity contribution < 1.29 is 9.18 Å². The second-order valence-electron chi connectivity index (χ2n) is 6.60. The van der Waals surface area contributed by atoms with Crippen LogP contribution in [0.15, 0.2) is 24.3 Å². The molecule has 0 spiro atoms. The molecule has 2 bridgehead atoms. The Balaban J connectivity index is 1.62. The van der Waals surface area contributed by atoms with Crippen LogP contribution in [0.2, 0.25) is 0 Å². The van der Waals surface area contributed by atoms with Gasteiger partial charge in [-0.2, -0.15) is 0 Å². The zero-order chi connectivity index (χ0) is 14.8. The van der Waals surface area contributed by atoms with E-state index in [1.165, 1.54) is 31.4 Å². The second kappa shape index (κ2) is 6.14. The van der Waals surface area contributed by atoms with Crippen LogP contribution in [-0.2, 0) is 4.79 Å². The lowest BCUT2D eigenvalue weighted by atomic mass is 9.67. The fraction of sp³-hybridized carbons (Fsp3) is 0.588. The largest absolute Gasteiger partial charge is 0.326 e. The highest BCUT2D eigenvalue weighted by Crippen LogP contribution is 2.41. The maximum atomic E-state index is 13.2. The number of carbonyl (C=O) groups excluding carboxylic acids is 1. The maximum absolute atomic E-state index is 13.2. The van der Waals surface area contributed by atoms with Gasteiger partial charge in [-0.1, -0.05) is 12.5 Å². The molecule has 0 radical (unpaired) electrons. The summed E-state index contributed by atoms with van der Waals surface area (Å²) in [5, 5.41) is 2.84. The van der Waals surface area contributed by atoms with Crippen molar-refractivity contribution >= 4 is 11.6 Å². The molecule has 1 saturated heterocycles. The van der Waals surface area contributed by atoms with Crippen molar-refractivity contribution in [1.82, 2.24) is 4.90 Å². The second-order valence-corrected chi connectivity index (χ2v) is 6.60. The smallest absolute Gasteiger partial charge is 0.224 e. The summed E-state index contributed by atoms with van der Waals surface area (Å²) in [5.41, 5.74) is 0.554. The molecule has 2 atom stereocenters. The maximum Gasteiger partial charge on any atom is 0.224 e. The van der Waals surface area contributed by atoms with Crippen LogP contribution in [0.25, 0.3) is 0 Å². The van der Waals surface area contributed by atoms with E-state index in [0.29, 0.717) is 29.9 Å². The number of amides is 1. The number of halogens is 1. The van der Waals surface area contributed by atoms with Gasteiger partial charge >= 0.3 is 0 Å².